The fraction of sp³-hybridized carbons (Fsp3) is 0.217. The van der Waals surface area contributed by atoms with Crippen molar-refractivity contribution in [2.24, 2.45) is 5.73 Å². The molecule has 0 atom stereocenters. The molecule has 0 unspecified atom stereocenters. The average molecular weight is 477 g/mol. The van der Waals surface area contributed by atoms with Crippen LogP contribution in [0.1, 0.15) is 27.2 Å². The number of amides is 3. The number of nitrogens with zero attached hydrogens (tertiary/aromatic N) is 2. The summed E-state index contributed by atoms with van der Waals surface area (Å²) in [5, 5.41) is 2.73. The monoisotopic (exact) mass is 476 g/mol. The van der Waals surface area contributed by atoms with Crippen LogP contribution in [0.5, 0.6) is 0 Å². The lowest BCUT2D eigenvalue weighted by atomic mass is 10.1. The number of fused-ring (bicyclic) bond motifs is 1. The Bertz CT molecular complexity index is 1240. The van der Waals surface area contributed by atoms with Gasteiger partial charge in [0.15, 0.2) is 0 Å². The molecule has 0 radical (unpaired) electrons. The van der Waals surface area contributed by atoms with Crippen molar-refractivity contribution in [1.82, 2.24) is 9.47 Å². The van der Waals surface area contributed by atoms with Crippen LogP contribution in [-0.2, 0) is 19.3 Å². The SMILES string of the molecule is Cc1cc(NC(=O)N2CCn3c(c(C(N)=O)c(Cl)c3-c3ccccc3)C2)cc(C(F)(F)F)c1. The molecule has 0 saturated carbocycles. The molecular formula is C23H20ClF3N4O2. The Labute approximate surface area is 192 Å². The first-order valence-corrected chi connectivity index (χ1v) is 10.4. The van der Waals surface area contributed by atoms with Gasteiger partial charge in [0.2, 0.25) is 0 Å². The zero-order valence-corrected chi connectivity index (χ0v) is 18.3. The van der Waals surface area contributed by atoms with Crippen molar-refractivity contribution >= 4 is 29.2 Å². The number of hydrogen-bond donors (Lipinski definition) is 2. The summed E-state index contributed by atoms with van der Waals surface area (Å²) in [6.07, 6.45) is -4.53. The third kappa shape index (κ3) is 4.41. The van der Waals surface area contributed by atoms with Crippen LogP contribution >= 0.6 is 11.6 Å². The minimum Gasteiger partial charge on any atom is -0.365 e. The Morgan fingerprint density at radius 1 is 1.09 bits per heavy atom. The van der Waals surface area contributed by atoms with E-state index in [9.17, 15) is 22.8 Å². The highest BCUT2D eigenvalue weighted by molar-refractivity contribution is 6.36. The average Bonchev–Trinajstić information content (AvgIpc) is 3.04. The lowest BCUT2D eigenvalue weighted by Gasteiger charge is -2.30. The summed E-state index contributed by atoms with van der Waals surface area (Å²) in [7, 11) is 0. The highest BCUT2D eigenvalue weighted by Crippen LogP contribution is 2.38. The van der Waals surface area contributed by atoms with Gasteiger partial charge in [-0.05, 0) is 36.2 Å². The largest absolute Gasteiger partial charge is 0.416 e. The molecule has 4 rings (SSSR count). The van der Waals surface area contributed by atoms with Gasteiger partial charge in [-0.3, -0.25) is 4.79 Å². The molecule has 1 aromatic heterocycles. The number of rotatable bonds is 3. The lowest BCUT2D eigenvalue weighted by Crippen LogP contribution is -2.41. The number of nitrogens with one attached hydrogen (secondary N) is 1. The summed E-state index contributed by atoms with van der Waals surface area (Å²) in [6, 6.07) is 12.0. The summed E-state index contributed by atoms with van der Waals surface area (Å²) >= 11 is 6.54. The number of anilines is 1. The van der Waals surface area contributed by atoms with E-state index in [0.29, 0.717) is 23.5 Å². The fourth-order valence-corrected chi connectivity index (χ4v) is 4.46. The lowest BCUT2D eigenvalue weighted by molar-refractivity contribution is -0.137. The van der Waals surface area contributed by atoms with Crippen LogP contribution in [0.15, 0.2) is 48.5 Å². The Morgan fingerprint density at radius 2 is 1.79 bits per heavy atom. The van der Waals surface area contributed by atoms with E-state index in [4.69, 9.17) is 17.3 Å². The molecule has 2 aromatic carbocycles. The normalized spacial score (nSPS) is 13.5. The predicted molar refractivity (Wildman–Crippen MR) is 119 cm³/mol. The minimum absolute atomic E-state index is 0.0224. The van der Waals surface area contributed by atoms with Gasteiger partial charge in [0, 0.05) is 18.8 Å². The van der Waals surface area contributed by atoms with Gasteiger partial charge >= 0.3 is 12.2 Å². The van der Waals surface area contributed by atoms with E-state index in [1.54, 1.807) is 0 Å². The molecule has 0 fully saturated rings. The third-order valence-corrected chi connectivity index (χ3v) is 5.85. The molecule has 3 N–H and O–H groups in total. The van der Waals surface area contributed by atoms with Crippen LogP contribution in [0.3, 0.4) is 0 Å². The van der Waals surface area contributed by atoms with Gasteiger partial charge in [0.25, 0.3) is 5.91 Å². The Balaban J connectivity index is 1.64. The molecule has 1 aliphatic heterocycles. The van der Waals surface area contributed by atoms with Gasteiger partial charge in [-0.1, -0.05) is 41.9 Å². The van der Waals surface area contributed by atoms with Crippen molar-refractivity contribution in [3.63, 3.8) is 0 Å². The highest BCUT2D eigenvalue weighted by atomic mass is 35.5. The van der Waals surface area contributed by atoms with E-state index in [1.807, 2.05) is 34.9 Å². The second kappa shape index (κ2) is 8.47. The predicted octanol–water partition coefficient (Wildman–Crippen LogP) is 5.28. The van der Waals surface area contributed by atoms with Gasteiger partial charge in [-0.25, -0.2) is 4.79 Å². The highest BCUT2D eigenvalue weighted by Gasteiger charge is 2.33. The smallest absolute Gasteiger partial charge is 0.365 e. The molecule has 172 valence electrons. The van der Waals surface area contributed by atoms with Crippen molar-refractivity contribution in [2.75, 3.05) is 11.9 Å². The van der Waals surface area contributed by atoms with E-state index >= 15 is 0 Å². The molecule has 0 bridgehead atoms. The van der Waals surface area contributed by atoms with Crippen molar-refractivity contribution in [1.29, 1.82) is 0 Å². The Morgan fingerprint density at radius 3 is 2.42 bits per heavy atom. The number of primary amides is 1. The number of halogens is 4. The number of hydrogen-bond acceptors (Lipinski definition) is 2. The molecule has 2 heterocycles. The summed E-state index contributed by atoms with van der Waals surface area (Å²) in [5.74, 6) is -0.721. The standard InChI is InChI=1S/C23H20ClF3N4O2/c1-13-9-15(23(25,26)27)11-16(10-13)29-22(33)30-7-8-31-17(12-30)18(21(28)32)19(24)20(31)14-5-3-2-4-6-14/h2-6,9-11H,7-8,12H2,1H3,(H2,28,32)(H,29,33). The van der Waals surface area contributed by atoms with Crippen LogP contribution in [0.2, 0.25) is 5.02 Å². The second-order valence-electron chi connectivity index (χ2n) is 7.80. The number of alkyl halides is 3. The topological polar surface area (TPSA) is 80.4 Å². The number of carbonyl (C=O) groups excluding carboxylic acids is 2. The van der Waals surface area contributed by atoms with Gasteiger partial charge in [-0.2, -0.15) is 13.2 Å². The van der Waals surface area contributed by atoms with Gasteiger partial charge in [0.05, 0.1) is 34.1 Å². The number of nitrogens with two attached hydrogens (primary N) is 1. The van der Waals surface area contributed by atoms with E-state index < -0.39 is 23.7 Å². The number of benzene rings is 2. The summed E-state index contributed by atoms with van der Waals surface area (Å²) in [6.45, 7) is 2.14. The maximum atomic E-state index is 13.1. The quantitative estimate of drug-likeness (QED) is 0.539. The van der Waals surface area contributed by atoms with Crippen LogP contribution in [0.25, 0.3) is 11.3 Å². The van der Waals surface area contributed by atoms with Crippen molar-refractivity contribution in [2.45, 2.75) is 26.2 Å². The summed E-state index contributed by atoms with van der Waals surface area (Å²) < 4.78 is 41.2. The Kier molecular flexibility index (Phi) is 5.84. The van der Waals surface area contributed by atoms with Gasteiger partial charge in [0.1, 0.15) is 0 Å². The molecule has 10 heteroatoms. The number of aromatic nitrogens is 1. The van der Waals surface area contributed by atoms with Crippen LogP contribution in [0, 0.1) is 6.92 Å². The maximum Gasteiger partial charge on any atom is 0.416 e. The van der Waals surface area contributed by atoms with E-state index in [-0.39, 0.29) is 29.4 Å². The van der Waals surface area contributed by atoms with Gasteiger partial charge in [-0.15, -0.1) is 0 Å². The first-order chi connectivity index (χ1) is 15.6. The zero-order valence-electron chi connectivity index (χ0n) is 17.5. The van der Waals surface area contributed by atoms with Crippen molar-refractivity contribution in [3.05, 3.63) is 75.9 Å². The molecule has 0 aliphatic carbocycles. The van der Waals surface area contributed by atoms with Crippen LogP contribution < -0.4 is 11.1 Å². The fourth-order valence-electron chi connectivity index (χ4n) is 4.05. The molecule has 3 aromatic rings. The van der Waals surface area contributed by atoms with E-state index in [1.165, 1.54) is 17.9 Å². The molecule has 6 nitrogen and oxygen atoms in total. The number of urea groups is 1. The number of aryl methyl sites for hydroxylation is 1. The first kappa shape index (κ1) is 22.7. The molecule has 0 spiro atoms. The second-order valence-corrected chi connectivity index (χ2v) is 8.18. The van der Waals surface area contributed by atoms with Gasteiger partial charge < -0.3 is 20.5 Å². The molecule has 1 aliphatic rings. The van der Waals surface area contributed by atoms with E-state index in [0.717, 1.165) is 17.7 Å². The number of carbonyl (C=O) groups is 2. The van der Waals surface area contributed by atoms with Crippen molar-refractivity contribution in [3.8, 4) is 11.3 Å². The maximum absolute atomic E-state index is 13.1. The van der Waals surface area contributed by atoms with Crippen LogP contribution in [0.4, 0.5) is 23.7 Å². The zero-order chi connectivity index (χ0) is 23.9. The molecule has 0 saturated heterocycles. The Hall–Kier alpha value is -3.46. The third-order valence-electron chi connectivity index (χ3n) is 5.48. The molecular weight excluding hydrogens is 457 g/mol. The first-order valence-electron chi connectivity index (χ1n) is 10.1. The van der Waals surface area contributed by atoms with Crippen molar-refractivity contribution < 1.29 is 22.8 Å². The minimum atomic E-state index is -4.53. The summed E-state index contributed by atoms with van der Waals surface area (Å²) in [5.41, 5.74) is 7.18. The molecule has 33 heavy (non-hydrogen) atoms. The van der Waals surface area contributed by atoms with E-state index in [2.05, 4.69) is 5.32 Å². The summed E-state index contributed by atoms with van der Waals surface area (Å²) in [4.78, 5) is 26.4. The van der Waals surface area contributed by atoms with Crippen LogP contribution in [-0.4, -0.2) is 28.0 Å². The molecule has 3 amide bonds.